The van der Waals surface area contributed by atoms with Gasteiger partial charge in [0.1, 0.15) is 0 Å². The second-order valence-electron chi connectivity index (χ2n) is 4.83. The van der Waals surface area contributed by atoms with Gasteiger partial charge in [-0.25, -0.2) is 4.98 Å². The van der Waals surface area contributed by atoms with Gasteiger partial charge in [0.25, 0.3) is 0 Å². The summed E-state index contributed by atoms with van der Waals surface area (Å²) in [6.07, 6.45) is 13.9. The molecule has 1 unspecified atom stereocenters. The Kier molecular flexibility index (Phi) is 5.00. The van der Waals surface area contributed by atoms with E-state index in [1.54, 1.807) is 6.33 Å². The van der Waals surface area contributed by atoms with E-state index < -0.39 is 0 Å². The summed E-state index contributed by atoms with van der Waals surface area (Å²) < 4.78 is 0. The minimum atomic E-state index is 0.180. The Hall–Kier alpha value is -1.58. The van der Waals surface area contributed by atoms with E-state index in [1.165, 1.54) is 12.8 Å². The van der Waals surface area contributed by atoms with Crippen LogP contribution in [0.2, 0.25) is 0 Å². The van der Waals surface area contributed by atoms with Crippen LogP contribution < -0.4 is 5.32 Å². The monoisotopic (exact) mass is 247 g/mol. The number of hydrogen-bond acceptors (Lipinski definition) is 2. The first-order valence-electron chi connectivity index (χ1n) is 6.75. The summed E-state index contributed by atoms with van der Waals surface area (Å²) in [5.41, 5.74) is 1.13. The second-order valence-corrected chi connectivity index (χ2v) is 4.83. The summed E-state index contributed by atoms with van der Waals surface area (Å²) in [4.78, 5) is 18.6. The highest BCUT2D eigenvalue weighted by atomic mass is 16.1. The summed E-state index contributed by atoms with van der Waals surface area (Å²) >= 11 is 0. The Morgan fingerprint density at radius 1 is 1.56 bits per heavy atom. The maximum atomic E-state index is 11.6. The van der Waals surface area contributed by atoms with Gasteiger partial charge in [0, 0.05) is 24.9 Å². The molecule has 2 rings (SSSR count). The number of aromatic amines is 1. The van der Waals surface area contributed by atoms with E-state index in [-0.39, 0.29) is 5.91 Å². The zero-order valence-corrected chi connectivity index (χ0v) is 10.7. The van der Waals surface area contributed by atoms with Gasteiger partial charge >= 0.3 is 0 Å². The first-order valence-corrected chi connectivity index (χ1v) is 6.75. The fourth-order valence-electron chi connectivity index (χ4n) is 2.27. The summed E-state index contributed by atoms with van der Waals surface area (Å²) in [7, 11) is 0. The van der Waals surface area contributed by atoms with Crippen molar-refractivity contribution in [2.75, 3.05) is 6.54 Å². The van der Waals surface area contributed by atoms with Crippen molar-refractivity contribution in [2.45, 2.75) is 38.5 Å². The van der Waals surface area contributed by atoms with Gasteiger partial charge in [0.2, 0.25) is 5.91 Å². The molecule has 1 aliphatic rings. The molecule has 4 heteroatoms. The van der Waals surface area contributed by atoms with Crippen molar-refractivity contribution in [1.29, 1.82) is 0 Å². The number of H-pyrrole nitrogens is 1. The lowest BCUT2D eigenvalue weighted by molar-refractivity contribution is -0.121. The number of rotatable bonds is 7. The average molecular weight is 247 g/mol. The number of aryl methyl sites for hydroxylation is 1. The van der Waals surface area contributed by atoms with Gasteiger partial charge in [-0.1, -0.05) is 12.2 Å². The molecule has 1 aromatic rings. The summed E-state index contributed by atoms with van der Waals surface area (Å²) in [6, 6.07) is 0. The summed E-state index contributed by atoms with van der Waals surface area (Å²) in [5.74, 6) is 0.806. The van der Waals surface area contributed by atoms with Gasteiger partial charge in [-0.2, -0.15) is 0 Å². The third-order valence-corrected chi connectivity index (χ3v) is 3.35. The van der Waals surface area contributed by atoms with Crippen molar-refractivity contribution in [1.82, 2.24) is 15.3 Å². The standard InChI is InChI=1S/C14H21N3O/c18-14(8-7-12-4-1-2-5-12)16-9-3-6-13-10-15-11-17-13/h1,4,10-12H,2-3,5-9H2,(H,15,17)(H,16,18). The molecule has 0 fully saturated rings. The zero-order valence-electron chi connectivity index (χ0n) is 10.7. The molecule has 0 radical (unpaired) electrons. The Morgan fingerprint density at radius 2 is 2.50 bits per heavy atom. The maximum Gasteiger partial charge on any atom is 0.220 e. The number of amides is 1. The molecule has 0 saturated carbocycles. The molecule has 18 heavy (non-hydrogen) atoms. The van der Waals surface area contributed by atoms with Crippen molar-refractivity contribution in [3.8, 4) is 0 Å². The molecule has 1 aromatic heterocycles. The number of allylic oxidation sites excluding steroid dienone is 2. The maximum absolute atomic E-state index is 11.6. The molecule has 98 valence electrons. The lowest BCUT2D eigenvalue weighted by Gasteiger charge is -2.08. The van der Waals surface area contributed by atoms with Gasteiger partial charge in [-0.15, -0.1) is 0 Å². The number of imidazole rings is 1. The van der Waals surface area contributed by atoms with E-state index in [2.05, 4.69) is 27.4 Å². The topological polar surface area (TPSA) is 57.8 Å². The minimum Gasteiger partial charge on any atom is -0.356 e. The van der Waals surface area contributed by atoms with Crippen LogP contribution >= 0.6 is 0 Å². The Labute approximate surface area is 108 Å². The number of nitrogens with zero attached hydrogens (tertiary/aromatic N) is 1. The Bertz CT molecular complexity index is 384. The third-order valence-electron chi connectivity index (χ3n) is 3.35. The van der Waals surface area contributed by atoms with Crippen LogP contribution in [0.5, 0.6) is 0 Å². The Balaban J connectivity index is 1.50. The quantitative estimate of drug-likeness (QED) is 0.573. The van der Waals surface area contributed by atoms with Crippen molar-refractivity contribution in [3.63, 3.8) is 0 Å². The smallest absolute Gasteiger partial charge is 0.220 e. The van der Waals surface area contributed by atoms with Gasteiger partial charge in [-0.05, 0) is 38.0 Å². The van der Waals surface area contributed by atoms with Gasteiger partial charge in [-0.3, -0.25) is 4.79 Å². The van der Waals surface area contributed by atoms with E-state index in [1.807, 2.05) is 6.20 Å². The van der Waals surface area contributed by atoms with Crippen molar-refractivity contribution in [2.24, 2.45) is 5.92 Å². The second kappa shape index (κ2) is 6.99. The highest BCUT2D eigenvalue weighted by Gasteiger charge is 2.11. The molecular formula is C14H21N3O. The van der Waals surface area contributed by atoms with Crippen LogP contribution in [0.15, 0.2) is 24.7 Å². The molecule has 0 bridgehead atoms. The fourth-order valence-corrected chi connectivity index (χ4v) is 2.27. The number of hydrogen-bond donors (Lipinski definition) is 2. The van der Waals surface area contributed by atoms with Crippen LogP contribution in [0, 0.1) is 5.92 Å². The van der Waals surface area contributed by atoms with E-state index in [4.69, 9.17) is 0 Å². The molecule has 1 aliphatic carbocycles. The molecule has 0 aromatic carbocycles. The molecule has 2 N–H and O–H groups in total. The minimum absolute atomic E-state index is 0.180. The summed E-state index contributed by atoms with van der Waals surface area (Å²) in [5, 5.41) is 2.97. The normalized spacial score (nSPS) is 18.1. The first kappa shape index (κ1) is 12.9. The number of nitrogens with one attached hydrogen (secondary N) is 2. The molecule has 1 amide bonds. The van der Waals surface area contributed by atoms with Crippen molar-refractivity contribution >= 4 is 5.91 Å². The first-order chi connectivity index (χ1) is 8.84. The average Bonchev–Trinajstić information content (AvgIpc) is 3.04. The SMILES string of the molecule is O=C(CCC1C=CCC1)NCCCc1cnc[nH]1. The highest BCUT2D eigenvalue weighted by Crippen LogP contribution is 2.21. The van der Waals surface area contributed by atoms with E-state index in [0.29, 0.717) is 12.3 Å². The fraction of sp³-hybridized carbons (Fsp3) is 0.571. The van der Waals surface area contributed by atoms with Crippen LogP contribution in [-0.2, 0) is 11.2 Å². The predicted molar refractivity (Wildman–Crippen MR) is 71.0 cm³/mol. The summed E-state index contributed by atoms with van der Waals surface area (Å²) in [6.45, 7) is 0.748. The van der Waals surface area contributed by atoms with E-state index in [9.17, 15) is 4.79 Å². The van der Waals surface area contributed by atoms with E-state index >= 15 is 0 Å². The van der Waals surface area contributed by atoms with Gasteiger partial charge in [0.15, 0.2) is 0 Å². The van der Waals surface area contributed by atoms with E-state index in [0.717, 1.165) is 31.5 Å². The molecular weight excluding hydrogens is 226 g/mol. The molecule has 0 saturated heterocycles. The van der Waals surface area contributed by atoms with Crippen LogP contribution in [0.4, 0.5) is 0 Å². The molecule has 1 heterocycles. The molecule has 0 spiro atoms. The van der Waals surface area contributed by atoms with Crippen LogP contribution in [0.3, 0.4) is 0 Å². The lowest BCUT2D eigenvalue weighted by atomic mass is 10.0. The number of carbonyl (C=O) groups excluding carboxylic acids is 1. The van der Waals surface area contributed by atoms with Gasteiger partial charge < -0.3 is 10.3 Å². The van der Waals surface area contributed by atoms with Crippen LogP contribution in [-0.4, -0.2) is 22.4 Å². The third kappa shape index (κ3) is 4.35. The molecule has 1 atom stereocenters. The predicted octanol–water partition coefficient (Wildman–Crippen LogP) is 2.20. The van der Waals surface area contributed by atoms with Crippen LogP contribution in [0.25, 0.3) is 0 Å². The number of aromatic nitrogens is 2. The van der Waals surface area contributed by atoms with Crippen molar-refractivity contribution < 1.29 is 4.79 Å². The van der Waals surface area contributed by atoms with Gasteiger partial charge in [0.05, 0.1) is 6.33 Å². The lowest BCUT2D eigenvalue weighted by Crippen LogP contribution is -2.24. The van der Waals surface area contributed by atoms with Crippen molar-refractivity contribution in [3.05, 3.63) is 30.4 Å². The Morgan fingerprint density at radius 3 is 3.22 bits per heavy atom. The molecule has 4 nitrogen and oxygen atoms in total. The molecule has 0 aliphatic heterocycles. The largest absolute Gasteiger partial charge is 0.356 e. The zero-order chi connectivity index (χ0) is 12.6. The van der Waals surface area contributed by atoms with Crippen LogP contribution in [0.1, 0.15) is 37.8 Å². The highest BCUT2D eigenvalue weighted by molar-refractivity contribution is 5.75. The number of carbonyl (C=O) groups is 1.